The third-order valence-corrected chi connectivity index (χ3v) is 3.77. The molecule has 3 aromatic rings. The molecule has 0 fully saturated rings. The lowest BCUT2D eigenvalue weighted by molar-refractivity contribution is 0.541. The quantitative estimate of drug-likeness (QED) is 0.780. The maximum absolute atomic E-state index is 4.29. The largest absolute Gasteiger partial charge is 0.303 e. The summed E-state index contributed by atoms with van der Waals surface area (Å²) >= 11 is 0. The molecule has 108 valence electrons. The van der Waals surface area contributed by atoms with Crippen LogP contribution in [0.15, 0.2) is 48.7 Å². The van der Waals surface area contributed by atoms with Gasteiger partial charge in [0.1, 0.15) is 0 Å². The molecule has 1 N–H and O–H groups in total. The number of fused-ring (bicyclic) bond motifs is 1. The van der Waals surface area contributed by atoms with Crippen LogP contribution in [-0.4, -0.2) is 14.6 Å². The predicted molar refractivity (Wildman–Crippen MR) is 84.1 cm³/mol. The van der Waals surface area contributed by atoms with Gasteiger partial charge in [0.25, 0.3) is 0 Å². The average Bonchev–Trinajstić information content (AvgIpc) is 2.97. The second kappa shape index (κ2) is 6.06. The molecule has 4 nitrogen and oxygen atoms in total. The number of aromatic nitrogens is 3. The van der Waals surface area contributed by atoms with Gasteiger partial charge >= 0.3 is 0 Å². The van der Waals surface area contributed by atoms with Gasteiger partial charge in [-0.2, -0.15) is 0 Å². The van der Waals surface area contributed by atoms with Gasteiger partial charge in [0, 0.05) is 12.7 Å². The lowest BCUT2D eigenvalue weighted by atomic mass is 10.1. The molecular weight excluding hydrogens is 260 g/mol. The Bertz CT molecular complexity index is 715. The van der Waals surface area contributed by atoms with Gasteiger partial charge in [-0.05, 0) is 36.6 Å². The Labute approximate surface area is 124 Å². The maximum Gasteiger partial charge on any atom is 0.160 e. The van der Waals surface area contributed by atoms with Gasteiger partial charge in [-0.25, -0.2) is 0 Å². The normalized spacial score (nSPS) is 12.7. The molecule has 0 aliphatic carbocycles. The summed E-state index contributed by atoms with van der Waals surface area (Å²) in [7, 11) is 0. The molecule has 4 heteroatoms. The van der Waals surface area contributed by atoms with E-state index in [2.05, 4.69) is 53.6 Å². The lowest BCUT2D eigenvalue weighted by Gasteiger charge is -2.12. The van der Waals surface area contributed by atoms with Crippen LogP contribution < -0.4 is 5.32 Å². The van der Waals surface area contributed by atoms with Crippen LogP contribution in [-0.2, 0) is 13.0 Å². The van der Waals surface area contributed by atoms with Crippen molar-refractivity contribution in [2.24, 2.45) is 0 Å². The van der Waals surface area contributed by atoms with Crippen LogP contribution in [0.25, 0.3) is 5.65 Å². The third-order valence-electron chi connectivity index (χ3n) is 3.77. The molecule has 21 heavy (non-hydrogen) atoms. The average molecular weight is 280 g/mol. The van der Waals surface area contributed by atoms with Gasteiger partial charge in [0.15, 0.2) is 11.5 Å². The van der Waals surface area contributed by atoms with Crippen LogP contribution in [0, 0.1) is 0 Å². The molecule has 1 unspecified atom stereocenters. The van der Waals surface area contributed by atoms with Crippen molar-refractivity contribution in [2.45, 2.75) is 32.9 Å². The molecule has 0 aliphatic heterocycles. The summed E-state index contributed by atoms with van der Waals surface area (Å²) in [6.45, 7) is 5.11. The van der Waals surface area contributed by atoms with Crippen molar-refractivity contribution >= 4 is 5.65 Å². The highest BCUT2D eigenvalue weighted by molar-refractivity contribution is 5.37. The maximum atomic E-state index is 4.29. The Hall–Kier alpha value is -2.20. The Morgan fingerprint density at radius 1 is 1.05 bits per heavy atom. The number of hydrogen-bond donors (Lipinski definition) is 1. The zero-order chi connectivity index (χ0) is 14.7. The summed E-state index contributed by atoms with van der Waals surface area (Å²) in [5, 5.41) is 12.0. The second-order valence-corrected chi connectivity index (χ2v) is 5.26. The molecule has 0 bridgehead atoms. The molecule has 0 saturated heterocycles. The number of nitrogens with one attached hydrogen (secondary N) is 1. The standard InChI is InChI=1S/C17H20N4/c1-3-14-7-9-15(10-8-14)12-18-13(2)17-20-19-16-6-4-5-11-21(16)17/h4-11,13,18H,3,12H2,1-2H3. The summed E-state index contributed by atoms with van der Waals surface area (Å²) in [4.78, 5) is 0. The van der Waals surface area contributed by atoms with Crippen molar-refractivity contribution in [1.82, 2.24) is 19.9 Å². The first-order chi connectivity index (χ1) is 10.3. The molecule has 0 amide bonds. The van der Waals surface area contributed by atoms with E-state index in [1.54, 1.807) is 0 Å². The first kappa shape index (κ1) is 13.8. The molecule has 0 aliphatic rings. The minimum atomic E-state index is 0.147. The third kappa shape index (κ3) is 2.95. The molecule has 0 spiro atoms. The monoisotopic (exact) mass is 280 g/mol. The summed E-state index contributed by atoms with van der Waals surface area (Å²) in [5.41, 5.74) is 3.54. The Balaban J connectivity index is 1.69. The highest BCUT2D eigenvalue weighted by Crippen LogP contribution is 2.13. The van der Waals surface area contributed by atoms with E-state index in [0.717, 1.165) is 24.4 Å². The van der Waals surface area contributed by atoms with Crippen molar-refractivity contribution in [2.75, 3.05) is 0 Å². The van der Waals surface area contributed by atoms with E-state index in [-0.39, 0.29) is 6.04 Å². The highest BCUT2D eigenvalue weighted by atomic mass is 15.3. The van der Waals surface area contributed by atoms with Crippen LogP contribution in [0.3, 0.4) is 0 Å². The lowest BCUT2D eigenvalue weighted by Crippen LogP contribution is -2.20. The van der Waals surface area contributed by atoms with Gasteiger partial charge in [-0.15, -0.1) is 10.2 Å². The zero-order valence-electron chi connectivity index (χ0n) is 12.5. The Morgan fingerprint density at radius 3 is 2.57 bits per heavy atom. The minimum absolute atomic E-state index is 0.147. The Morgan fingerprint density at radius 2 is 1.81 bits per heavy atom. The first-order valence-electron chi connectivity index (χ1n) is 7.39. The van der Waals surface area contributed by atoms with Gasteiger partial charge < -0.3 is 5.32 Å². The fourth-order valence-electron chi connectivity index (χ4n) is 2.41. The van der Waals surface area contributed by atoms with Crippen LogP contribution in [0.4, 0.5) is 0 Å². The van der Waals surface area contributed by atoms with E-state index in [1.807, 2.05) is 28.8 Å². The number of nitrogens with zero attached hydrogens (tertiary/aromatic N) is 3. The molecule has 0 saturated carbocycles. The van der Waals surface area contributed by atoms with E-state index >= 15 is 0 Å². The van der Waals surface area contributed by atoms with Crippen molar-refractivity contribution in [3.63, 3.8) is 0 Å². The smallest absolute Gasteiger partial charge is 0.160 e. The zero-order valence-corrected chi connectivity index (χ0v) is 12.5. The van der Waals surface area contributed by atoms with Gasteiger partial charge in [-0.3, -0.25) is 4.40 Å². The van der Waals surface area contributed by atoms with Crippen molar-refractivity contribution in [1.29, 1.82) is 0 Å². The van der Waals surface area contributed by atoms with E-state index in [9.17, 15) is 0 Å². The summed E-state index contributed by atoms with van der Waals surface area (Å²) in [6, 6.07) is 14.8. The van der Waals surface area contributed by atoms with E-state index < -0.39 is 0 Å². The number of aryl methyl sites for hydroxylation is 1. The molecule has 2 aromatic heterocycles. The van der Waals surface area contributed by atoms with Crippen molar-refractivity contribution < 1.29 is 0 Å². The number of benzene rings is 1. The van der Waals surface area contributed by atoms with Gasteiger partial charge in [-0.1, -0.05) is 37.3 Å². The number of rotatable bonds is 5. The minimum Gasteiger partial charge on any atom is -0.303 e. The SMILES string of the molecule is CCc1ccc(CNC(C)c2nnc3ccccn23)cc1. The second-order valence-electron chi connectivity index (χ2n) is 5.26. The first-order valence-corrected chi connectivity index (χ1v) is 7.39. The summed E-state index contributed by atoms with van der Waals surface area (Å²) in [6.07, 6.45) is 3.08. The van der Waals surface area contributed by atoms with Crippen molar-refractivity contribution in [3.05, 3.63) is 65.6 Å². The molecule has 2 heterocycles. The molecular formula is C17H20N4. The molecule has 0 radical (unpaired) electrons. The fourth-order valence-corrected chi connectivity index (χ4v) is 2.41. The fraction of sp³-hybridized carbons (Fsp3) is 0.294. The topological polar surface area (TPSA) is 42.2 Å². The van der Waals surface area contributed by atoms with Crippen LogP contribution in [0.5, 0.6) is 0 Å². The van der Waals surface area contributed by atoms with Crippen LogP contribution >= 0.6 is 0 Å². The number of pyridine rings is 1. The molecule has 1 aromatic carbocycles. The molecule has 1 atom stereocenters. The predicted octanol–water partition coefficient (Wildman–Crippen LogP) is 3.14. The van der Waals surface area contributed by atoms with Gasteiger partial charge in [0.2, 0.25) is 0 Å². The summed E-state index contributed by atoms with van der Waals surface area (Å²) < 4.78 is 2.03. The van der Waals surface area contributed by atoms with Crippen LogP contribution in [0.1, 0.15) is 36.8 Å². The van der Waals surface area contributed by atoms with Gasteiger partial charge in [0.05, 0.1) is 6.04 Å². The number of hydrogen-bond acceptors (Lipinski definition) is 3. The van der Waals surface area contributed by atoms with Crippen LogP contribution in [0.2, 0.25) is 0 Å². The van der Waals surface area contributed by atoms with E-state index in [1.165, 1.54) is 11.1 Å². The summed E-state index contributed by atoms with van der Waals surface area (Å²) in [5.74, 6) is 0.941. The Kier molecular flexibility index (Phi) is 3.97. The van der Waals surface area contributed by atoms with E-state index in [0.29, 0.717) is 0 Å². The van der Waals surface area contributed by atoms with E-state index in [4.69, 9.17) is 0 Å². The molecule has 3 rings (SSSR count). The highest BCUT2D eigenvalue weighted by Gasteiger charge is 2.12. The van der Waals surface area contributed by atoms with Crippen molar-refractivity contribution in [3.8, 4) is 0 Å².